The predicted octanol–water partition coefficient (Wildman–Crippen LogP) is 5.37. The van der Waals surface area contributed by atoms with Gasteiger partial charge < -0.3 is 14.5 Å². The molecule has 3 rings (SSSR count). The van der Waals surface area contributed by atoms with Crippen LogP contribution in [-0.4, -0.2) is 17.9 Å². The highest BCUT2D eigenvalue weighted by Crippen LogP contribution is 2.34. The summed E-state index contributed by atoms with van der Waals surface area (Å²) in [6.07, 6.45) is 1.28. The summed E-state index contributed by atoms with van der Waals surface area (Å²) < 4.78 is 10.9. The van der Waals surface area contributed by atoms with Crippen LogP contribution in [0.15, 0.2) is 58.5 Å². The minimum atomic E-state index is -0.626. The maximum absolute atomic E-state index is 12.5. The summed E-state index contributed by atoms with van der Waals surface area (Å²) in [4.78, 5) is 23.1. The number of anilines is 1. The molecule has 31 heavy (non-hydrogen) atoms. The predicted molar refractivity (Wildman–Crippen MR) is 116 cm³/mol. The molecule has 0 unspecified atom stereocenters. The van der Waals surface area contributed by atoms with Crippen LogP contribution in [0, 0.1) is 28.4 Å². The first-order chi connectivity index (χ1) is 14.8. The van der Waals surface area contributed by atoms with Gasteiger partial charge in [0.05, 0.1) is 17.6 Å². The fourth-order valence-electron chi connectivity index (χ4n) is 2.79. The van der Waals surface area contributed by atoms with Crippen LogP contribution in [0.1, 0.15) is 11.3 Å². The Kier molecular flexibility index (Phi) is 6.38. The van der Waals surface area contributed by atoms with Gasteiger partial charge in [-0.25, -0.2) is 0 Å². The van der Waals surface area contributed by atoms with Gasteiger partial charge in [0.15, 0.2) is 0 Å². The van der Waals surface area contributed by atoms with Crippen molar-refractivity contribution in [2.75, 3.05) is 12.4 Å². The van der Waals surface area contributed by atoms with Gasteiger partial charge in [-0.15, -0.1) is 0 Å². The molecule has 156 valence electrons. The Morgan fingerprint density at radius 3 is 2.71 bits per heavy atom. The molecule has 1 aromatic heterocycles. The van der Waals surface area contributed by atoms with Crippen LogP contribution in [0.2, 0.25) is 5.02 Å². The second-order valence-corrected chi connectivity index (χ2v) is 6.86. The van der Waals surface area contributed by atoms with Crippen LogP contribution in [0.3, 0.4) is 0 Å². The molecule has 0 atom stereocenters. The molecule has 0 bridgehead atoms. The zero-order valence-electron chi connectivity index (χ0n) is 16.5. The molecular formula is C22H16ClN3O5. The van der Waals surface area contributed by atoms with Crippen LogP contribution in [0.4, 0.5) is 11.4 Å². The zero-order chi connectivity index (χ0) is 22.5. The molecule has 0 radical (unpaired) electrons. The number of ether oxygens (including phenoxy) is 1. The van der Waals surface area contributed by atoms with Crippen LogP contribution in [0.5, 0.6) is 5.75 Å². The molecule has 0 saturated heterocycles. The average molecular weight is 438 g/mol. The summed E-state index contributed by atoms with van der Waals surface area (Å²) in [5.41, 5.74) is 1.33. The van der Waals surface area contributed by atoms with E-state index in [1.807, 2.05) is 6.07 Å². The minimum absolute atomic E-state index is 0.127. The zero-order valence-corrected chi connectivity index (χ0v) is 17.3. The maximum atomic E-state index is 12.5. The number of furan rings is 1. The van der Waals surface area contributed by atoms with Gasteiger partial charge in [0.1, 0.15) is 28.9 Å². The van der Waals surface area contributed by atoms with Crippen LogP contribution in [0.25, 0.3) is 17.4 Å². The number of nitro benzene ring substituents is 1. The number of nitro groups is 1. The van der Waals surface area contributed by atoms with Crippen LogP contribution in [-0.2, 0) is 4.79 Å². The smallest absolute Gasteiger partial charge is 0.270 e. The number of benzene rings is 2. The number of hydrogen-bond donors (Lipinski definition) is 1. The average Bonchev–Trinajstić information content (AvgIpc) is 3.22. The fourth-order valence-corrected chi connectivity index (χ4v) is 2.96. The highest BCUT2D eigenvalue weighted by molar-refractivity contribution is 6.31. The number of amides is 1. The number of rotatable bonds is 6. The number of nitrogens with zero attached hydrogens (tertiary/aromatic N) is 2. The fraction of sp³-hybridized carbons (Fsp3) is 0.0909. The highest BCUT2D eigenvalue weighted by Gasteiger charge is 2.17. The molecule has 3 aromatic rings. The molecule has 0 fully saturated rings. The van der Waals surface area contributed by atoms with Crippen LogP contribution < -0.4 is 10.1 Å². The lowest BCUT2D eigenvalue weighted by atomic mass is 10.1. The number of halogens is 1. The number of non-ortho nitro benzene ring substituents is 1. The lowest BCUT2D eigenvalue weighted by Crippen LogP contribution is -2.14. The molecule has 8 nitrogen and oxygen atoms in total. The SMILES string of the molecule is COc1ccc([N+](=O)[O-])cc1-c1ccc(C=C(C#N)C(=O)Nc2cc(Cl)ccc2C)o1. The van der Waals surface area contributed by atoms with Crippen molar-refractivity contribution in [2.45, 2.75) is 6.92 Å². The quantitative estimate of drug-likeness (QED) is 0.239. The largest absolute Gasteiger partial charge is 0.496 e. The summed E-state index contributed by atoms with van der Waals surface area (Å²) >= 11 is 5.96. The van der Waals surface area contributed by atoms with Crippen molar-refractivity contribution in [3.8, 4) is 23.1 Å². The monoisotopic (exact) mass is 437 g/mol. The number of aryl methyl sites for hydroxylation is 1. The van der Waals surface area contributed by atoms with Crippen molar-refractivity contribution in [1.82, 2.24) is 0 Å². The number of methoxy groups -OCH3 is 1. The third kappa shape index (κ3) is 4.91. The van der Waals surface area contributed by atoms with Gasteiger partial charge >= 0.3 is 0 Å². The third-order valence-electron chi connectivity index (χ3n) is 4.39. The highest BCUT2D eigenvalue weighted by atomic mass is 35.5. The van der Waals surface area contributed by atoms with E-state index in [0.717, 1.165) is 5.56 Å². The van der Waals surface area contributed by atoms with E-state index in [2.05, 4.69) is 5.32 Å². The number of nitrogens with one attached hydrogen (secondary N) is 1. The first-order valence-corrected chi connectivity index (χ1v) is 9.32. The lowest BCUT2D eigenvalue weighted by molar-refractivity contribution is -0.384. The van der Waals surface area contributed by atoms with Crippen molar-refractivity contribution in [3.63, 3.8) is 0 Å². The Balaban J connectivity index is 1.90. The second kappa shape index (κ2) is 9.15. The number of hydrogen-bond acceptors (Lipinski definition) is 6. The third-order valence-corrected chi connectivity index (χ3v) is 4.62. The van der Waals surface area contributed by atoms with Crippen molar-refractivity contribution in [1.29, 1.82) is 5.26 Å². The topological polar surface area (TPSA) is 118 Å². The molecule has 1 amide bonds. The Labute approximate surface area is 182 Å². The van der Waals surface area contributed by atoms with Crippen molar-refractivity contribution < 1.29 is 18.9 Å². The van der Waals surface area contributed by atoms with Gasteiger partial charge in [-0.3, -0.25) is 14.9 Å². The van der Waals surface area contributed by atoms with E-state index in [0.29, 0.717) is 22.0 Å². The Morgan fingerprint density at radius 2 is 2.03 bits per heavy atom. The van der Waals surface area contributed by atoms with Crippen molar-refractivity contribution in [3.05, 3.63) is 80.6 Å². The van der Waals surface area contributed by atoms with E-state index in [4.69, 9.17) is 20.8 Å². The number of carbonyl (C=O) groups excluding carboxylic acids is 1. The second-order valence-electron chi connectivity index (χ2n) is 6.43. The van der Waals surface area contributed by atoms with Crippen LogP contribution >= 0.6 is 11.6 Å². The first kappa shape index (κ1) is 21.6. The van der Waals surface area contributed by atoms with Gasteiger partial charge in [-0.1, -0.05) is 17.7 Å². The van der Waals surface area contributed by atoms with Gasteiger partial charge in [0.25, 0.3) is 11.6 Å². The van der Waals surface area contributed by atoms with E-state index in [-0.39, 0.29) is 22.8 Å². The van der Waals surface area contributed by atoms with Gasteiger partial charge in [-0.05, 0) is 42.8 Å². The summed E-state index contributed by atoms with van der Waals surface area (Å²) in [7, 11) is 1.43. The van der Waals surface area contributed by atoms with Gasteiger partial charge in [0, 0.05) is 28.9 Å². The van der Waals surface area contributed by atoms with E-state index >= 15 is 0 Å². The van der Waals surface area contributed by atoms with E-state index in [1.54, 1.807) is 37.3 Å². The van der Waals surface area contributed by atoms with Gasteiger partial charge in [0.2, 0.25) is 0 Å². The maximum Gasteiger partial charge on any atom is 0.270 e. The number of nitriles is 1. The summed E-state index contributed by atoms with van der Waals surface area (Å²) in [6.45, 7) is 1.80. The minimum Gasteiger partial charge on any atom is -0.496 e. The molecule has 0 aliphatic carbocycles. The molecule has 0 aliphatic heterocycles. The molecule has 2 aromatic carbocycles. The summed E-state index contributed by atoms with van der Waals surface area (Å²) in [5.74, 6) is 0.261. The first-order valence-electron chi connectivity index (χ1n) is 8.94. The number of carbonyl (C=O) groups is 1. The standard InChI is InChI=1S/C22H16ClN3O5/c1-13-3-4-15(23)10-19(13)25-22(27)14(12-24)9-17-6-8-21(31-17)18-11-16(26(28)29)5-7-20(18)30-2/h3-11H,1-2H3,(H,25,27). The van der Waals surface area contributed by atoms with E-state index in [1.165, 1.54) is 31.4 Å². The van der Waals surface area contributed by atoms with Crippen molar-refractivity contribution in [2.24, 2.45) is 0 Å². The molecular weight excluding hydrogens is 422 g/mol. The Bertz CT molecular complexity index is 1240. The normalized spacial score (nSPS) is 11.0. The molecule has 1 N–H and O–H groups in total. The lowest BCUT2D eigenvalue weighted by Gasteiger charge is -2.08. The van der Waals surface area contributed by atoms with Gasteiger partial charge in [-0.2, -0.15) is 5.26 Å². The summed E-state index contributed by atoms with van der Waals surface area (Å²) in [5, 5.41) is 23.6. The van der Waals surface area contributed by atoms with E-state index < -0.39 is 10.8 Å². The van der Waals surface area contributed by atoms with E-state index in [9.17, 15) is 20.2 Å². The summed E-state index contributed by atoms with van der Waals surface area (Å²) in [6, 6.07) is 14.1. The Morgan fingerprint density at radius 1 is 1.26 bits per heavy atom. The molecule has 0 aliphatic rings. The molecule has 9 heteroatoms. The molecule has 1 heterocycles. The Hall–Kier alpha value is -4.09. The van der Waals surface area contributed by atoms with Crippen molar-refractivity contribution >= 4 is 35.0 Å². The molecule has 0 saturated carbocycles. The molecule has 0 spiro atoms.